The van der Waals surface area contributed by atoms with Gasteiger partial charge < -0.3 is 11.1 Å². The number of piperazine rings is 1. The third-order valence-electron chi connectivity index (χ3n) is 3.23. The van der Waals surface area contributed by atoms with E-state index >= 15 is 0 Å². The topological polar surface area (TPSA) is 58.4 Å². The highest BCUT2D eigenvalue weighted by atomic mass is 16.2. The maximum Gasteiger partial charge on any atom is 0.234 e. The van der Waals surface area contributed by atoms with Crippen molar-refractivity contribution >= 4 is 5.91 Å². The molecule has 1 aliphatic rings. The fourth-order valence-electron chi connectivity index (χ4n) is 2.75. The molecule has 4 heteroatoms. The lowest BCUT2D eigenvalue weighted by Gasteiger charge is -2.35. The summed E-state index contributed by atoms with van der Waals surface area (Å²) in [4.78, 5) is 13.9. The molecule has 0 spiro atoms. The molecule has 0 aromatic carbocycles. The van der Waals surface area contributed by atoms with E-state index in [0.29, 0.717) is 18.4 Å². The Morgan fingerprint density at radius 1 is 1.33 bits per heavy atom. The molecule has 0 radical (unpaired) electrons. The van der Waals surface area contributed by atoms with Crippen molar-refractivity contribution in [3.05, 3.63) is 0 Å². The molecule has 0 saturated carbocycles. The van der Waals surface area contributed by atoms with Crippen LogP contribution >= 0.6 is 0 Å². The van der Waals surface area contributed by atoms with Crippen LogP contribution in [0.15, 0.2) is 0 Å². The maximum atomic E-state index is 11.7. The van der Waals surface area contributed by atoms with Crippen molar-refractivity contribution in [2.75, 3.05) is 19.6 Å². The predicted molar refractivity (Wildman–Crippen MR) is 75.3 cm³/mol. The highest BCUT2D eigenvalue weighted by molar-refractivity contribution is 5.79. The molecule has 1 amide bonds. The molecule has 0 unspecified atom stereocenters. The van der Waals surface area contributed by atoms with E-state index < -0.39 is 0 Å². The minimum Gasteiger partial charge on any atom is -0.351 e. The number of hydrogen-bond donors (Lipinski definition) is 2. The number of hydrogen-bond acceptors (Lipinski definition) is 3. The van der Waals surface area contributed by atoms with Gasteiger partial charge in [-0.05, 0) is 24.7 Å². The Labute approximate surface area is 111 Å². The fraction of sp³-hybridized carbons (Fsp3) is 0.929. The number of nitrogens with one attached hydrogen (secondary N) is 1. The Bertz CT molecular complexity index is 264. The van der Waals surface area contributed by atoms with Crippen LogP contribution in [0.1, 0.15) is 40.5 Å². The molecule has 3 N–H and O–H groups in total. The van der Waals surface area contributed by atoms with Crippen LogP contribution in [0.4, 0.5) is 0 Å². The van der Waals surface area contributed by atoms with Gasteiger partial charge in [0.25, 0.3) is 0 Å². The van der Waals surface area contributed by atoms with Gasteiger partial charge in [0.2, 0.25) is 5.91 Å². The lowest BCUT2D eigenvalue weighted by molar-refractivity contribution is -0.125. The van der Waals surface area contributed by atoms with Crippen molar-refractivity contribution in [1.82, 2.24) is 10.2 Å². The fourth-order valence-corrected chi connectivity index (χ4v) is 2.75. The predicted octanol–water partition coefficient (Wildman–Crippen LogP) is 1.21. The number of carbonyl (C=O) groups is 1. The lowest BCUT2D eigenvalue weighted by Crippen LogP contribution is -2.56. The van der Waals surface area contributed by atoms with Crippen molar-refractivity contribution in [2.45, 2.75) is 52.6 Å². The molecule has 1 saturated heterocycles. The molecule has 1 fully saturated rings. The summed E-state index contributed by atoms with van der Waals surface area (Å²) in [6, 6.07) is 0.466. The molecule has 0 aromatic heterocycles. The highest BCUT2D eigenvalue weighted by Crippen LogP contribution is 2.11. The molecule has 4 nitrogen and oxygen atoms in total. The van der Waals surface area contributed by atoms with Crippen LogP contribution in [0, 0.1) is 11.8 Å². The summed E-state index contributed by atoms with van der Waals surface area (Å²) < 4.78 is 0. The van der Waals surface area contributed by atoms with E-state index in [1.807, 2.05) is 0 Å². The van der Waals surface area contributed by atoms with Gasteiger partial charge in [-0.1, -0.05) is 27.7 Å². The molecule has 2 atom stereocenters. The second kappa shape index (κ2) is 7.10. The molecule has 1 heterocycles. The van der Waals surface area contributed by atoms with Crippen LogP contribution in [0.5, 0.6) is 0 Å². The molecule has 106 valence electrons. The second-order valence-corrected chi connectivity index (χ2v) is 6.48. The van der Waals surface area contributed by atoms with Crippen molar-refractivity contribution in [3.63, 3.8) is 0 Å². The maximum absolute atomic E-state index is 11.7. The van der Waals surface area contributed by atoms with Crippen LogP contribution in [0.2, 0.25) is 0 Å². The van der Waals surface area contributed by atoms with E-state index in [0.717, 1.165) is 25.9 Å². The number of nitrogens with two attached hydrogens (primary N) is 1. The number of carbonyl (C=O) groups excluding carboxylic acids is 1. The molecule has 18 heavy (non-hydrogen) atoms. The van der Waals surface area contributed by atoms with Gasteiger partial charge in [-0.15, -0.1) is 0 Å². The summed E-state index contributed by atoms with van der Waals surface area (Å²) in [7, 11) is 0. The molecular weight excluding hydrogens is 226 g/mol. The Hall–Kier alpha value is -0.610. The first-order valence-electron chi connectivity index (χ1n) is 7.14. The summed E-state index contributed by atoms with van der Waals surface area (Å²) >= 11 is 0. The number of rotatable bonds is 6. The van der Waals surface area contributed by atoms with Crippen molar-refractivity contribution < 1.29 is 4.79 Å². The van der Waals surface area contributed by atoms with E-state index in [2.05, 4.69) is 37.9 Å². The largest absolute Gasteiger partial charge is 0.351 e. The summed E-state index contributed by atoms with van der Waals surface area (Å²) in [6.45, 7) is 11.0. The van der Waals surface area contributed by atoms with E-state index in [9.17, 15) is 4.79 Å². The van der Waals surface area contributed by atoms with E-state index in [4.69, 9.17) is 5.73 Å². The Kier molecular flexibility index (Phi) is 6.09. The average Bonchev–Trinajstić information content (AvgIpc) is 2.12. The molecular formula is C14H29N3O. The lowest BCUT2D eigenvalue weighted by atomic mass is 10.00. The molecule has 1 rings (SSSR count). The SMILES string of the molecule is CC(C)C[C@H](N)CN1CC(=O)N[C@@H](CC(C)C)C1. The van der Waals surface area contributed by atoms with Crippen LogP contribution in [-0.2, 0) is 4.79 Å². The summed E-state index contributed by atoms with van der Waals surface area (Å²) in [5, 5.41) is 3.07. The van der Waals surface area contributed by atoms with Gasteiger partial charge in [-0.3, -0.25) is 9.69 Å². The zero-order valence-electron chi connectivity index (χ0n) is 12.3. The van der Waals surface area contributed by atoms with Gasteiger partial charge in [0.05, 0.1) is 6.54 Å². The first-order valence-corrected chi connectivity index (χ1v) is 7.14. The minimum absolute atomic E-state index is 0.142. The molecule has 0 aromatic rings. The van der Waals surface area contributed by atoms with E-state index in [-0.39, 0.29) is 18.0 Å². The summed E-state index contributed by atoms with van der Waals surface area (Å²) in [6.07, 6.45) is 2.06. The van der Waals surface area contributed by atoms with Gasteiger partial charge in [0, 0.05) is 25.2 Å². The zero-order chi connectivity index (χ0) is 13.7. The average molecular weight is 255 g/mol. The second-order valence-electron chi connectivity index (χ2n) is 6.48. The van der Waals surface area contributed by atoms with Crippen molar-refractivity contribution in [3.8, 4) is 0 Å². The van der Waals surface area contributed by atoms with E-state index in [1.165, 1.54) is 0 Å². The van der Waals surface area contributed by atoms with Gasteiger partial charge in [-0.2, -0.15) is 0 Å². The van der Waals surface area contributed by atoms with E-state index in [1.54, 1.807) is 0 Å². The Balaban J connectivity index is 2.42. The van der Waals surface area contributed by atoms with Gasteiger partial charge in [0.1, 0.15) is 0 Å². The third-order valence-corrected chi connectivity index (χ3v) is 3.23. The Morgan fingerprint density at radius 2 is 2.00 bits per heavy atom. The van der Waals surface area contributed by atoms with Gasteiger partial charge in [-0.25, -0.2) is 0 Å². The molecule has 1 aliphatic heterocycles. The zero-order valence-corrected chi connectivity index (χ0v) is 12.3. The monoisotopic (exact) mass is 255 g/mol. The smallest absolute Gasteiger partial charge is 0.234 e. The standard InChI is InChI=1S/C14H29N3O/c1-10(2)5-12(15)7-17-8-13(6-11(3)4)16-14(18)9-17/h10-13H,5-9,15H2,1-4H3,(H,16,18)/t12-,13-/m0/s1. The van der Waals surface area contributed by atoms with Crippen LogP contribution in [0.25, 0.3) is 0 Å². The van der Waals surface area contributed by atoms with Crippen molar-refractivity contribution in [1.29, 1.82) is 0 Å². The Morgan fingerprint density at radius 3 is 2.56 bits per heavy atom. The van der Waals surface area contributed by atoms with Crippen LogP contribution in [-0.4, -0.2) is 42.5 Å². The van der Waals surface area contributed by atoms with Gasteiger partial charge in [0.15, 0.2) is 0 Å². The number of nitrogens with zero attached hydrogens (tertiary/aromatic N) is 1. The molecule has 0 aliphatic carbocycles. The normalized spacial score (nSPS) is 23.5. The number of amides is 1. The quantitative estimate of drug-likeness (QED) is 0.750. The first-order chi connectivity index (χ1) is 8.36. The summed E-state index contributed by atoms with van der Waals surface area (Å²) in [5.41, 5.74) is 6.12. The van der Waals surface area contributed by atoms with Gasteiger partial charge >= 0.3 is 0 Å². The first kappa shape index (κ1) is 15.4. The third kappa shape index (κ3) is 5.83. The summed E-state index contributed by atoms with van der Waals surface area (Å²) in [5.74, 6) is 1.37. The molecule has 0 bridgehead atoms. The van der Waals surface area contributed by atoms with Crippen molar-refractivity contribution in [2.24, 2.45) is 17.6 Å². The minimum atomic E-state index is 0.142. The van der Waals surface area contributed by atoms with Crippen LogP contribution in [0.3, 0.4) is 0 Å². The highest BCUT2D eigenvalue weighted by Gasteiger charge is 2.26. The van der Waals surface area contributed by atoms with Crippen LogP contribution < -0.4 is 11.1 Å².